The van der Waals surface area contributed by atoms with Crippen molar-refractivity contribution in [1.29, 1.82) is 0 Å². The van der Waals surface area contributed by atoms with Crippen molar-refractivity contribution in [2.24, 2.45) is 0 Å². The first-order chi connectivity index (χ1) is 16.9. The molecule has 0 spiro atoms. The highest BCUT2D eigenvalue weighted by molar-refractivity contribution is 6.10. The molecule has 0 aliphatic carbocycles. The SMILES string of the molecule is COc1cc2c(cc1OC)CN(C(=O)CN1C(=O)NC(C)(c3cccc4ccccc34)C1=O)CC2. The van der Waals surface area contributed by atoms with Gasteiger partial charge in [0.25, 0.3) is 5.91 Å². The molecule has 1 fully saturated rings. The van der Waals surface area contributed by atoms with Crippen LogP contribution in [0.4, 0.5) is 4.79 Å². The summed E-state index contributed by atoms with van der Waals surface area (Å²) in [4.78, 5) is 42.2. The second kappa shape index (κ2) is 8.61. The van der Waals surface area contributed by atoms with E-state index in [4.69, 9.17) is 9.47 Å². The quantitative estimate of drug-likeness (QED) is 0.575. The van der Waals surface area contributed by atoms with E-state index in [0.29, 0.717) is 36.6 Å². The summed E-state index contributed by atoms with van der Waals surface area (Å²) in [6.07, 6.45) is 0.648. The second-order valence-corrected chi connectivity index (χ2v) is 9.01. The number of carbonyl (C=O) groups excluding carboxylic acids is 3. The number of amides is 4. The molecule has 0 bridgehead atoms. The van der Waals surface area contributed by atoms with E-state index < -0.39 is 17.5 Å². The minimum absolute atomic E-state index is 0.281. The van der Waals surface area contributed by atoms with Crippen molar-refractivity contribution in [2.45, 2.75) is 25.4 Å². The van der Waals surface area contributed by atoms with E-state index in [0.717, 1.165) is 26.8 Å². The number of benzene rings is 3. The van der Waals surface area contributed by atoms with E-state index >= 15 is 0 Å². The van der Waals surface area contributed by atoms with Crippen LogP contribution in [0, 0.1) is 0 Å². The van der Waals surface area contributed by atoms with Gasteiger partial charge in [0.1, 0.15) is 12.1 Å². The molecule has 0 aromatic heterocycles. The van der Waals surface area contributed by atoms with Crippen LogP contribution in [0.25, 0.3) is 10.8 Å². The van der Waals surface area contributed by atoms with Gasteiger partial charge < -0.3 is 19.7 Å². The Kier molecular flexibility index (Phi) is 5.59. The molecule has 1 atom stereocenters. The van der Waals surface area contributed by atoms with Crippen molar-refractivity contribution in [3.63, 3.8) is 0 Å². The molecule has 2 aliphatic rings. The van der Waals surface area contributed by atoms with E-state index in [-0.39, 0.29) is 12.5 Å². The fourth-order valence-electron chi connectivity index (χ4n) is 5.02. The van der Waals surface area contributed by atoms with Crippen LogP contribution in [-0.4, -0.2) is 55.0 Å². The number of imide groups is 1. The molecule has 8 nitrogen and oxygen atoms in total. The molecule has 0 saturated carbocycles. The summed E-state index contributed by atoms with van der Waals surface area (Å²) in [5, 5.41) is 4.69. The van der Waals surface area contributed by atoms with Gasteiger partial charge in [0, 0.05) is 13.1 Å². The van der Waals surface area contributed by atoms with Crippen molar-refractivity contribution in [1.82, 2.24) is 15.1 Å². The van der Waals surface area contributed by atoms with Crippen LogP contribution < -0.4 is 14.8 Å². The Morgan fingerprint density at radius 1 is 1.00 bits per heavy atom. The highest BCUT2D eigenvalue weighted by Crippen LogP contribution is 2.35. The zero-order valence-electron chi connectivity index (χ0n) is 20.0. The second-order valence-electron chi connectivity index (χ2n) is 9.01. The van der Waals surface area contributed by atoms with Gasteiger partial charge >= 0.3 is 6.03 Å². The smallest absolute Gasteiger partial charge is 0.325 e. The van der Waals surface area contributed by atoms with Gasteiger partial charge in [-0.2, -0.15) is 0 Å². The molecule has 0 radical (unpaired) electrons. The lowest BCUT2D eigenvalue weighted by Crippen LogP contribution is -2.45. The number of rotatable bonds is 5. The van der Waals surface area contributed by atoms with Gasteiger partial charge in [-0.05, 0) is 52.9 Å². The molecule has 2 heterocycles. The molecule has 2 aliphatic heterocycles. The predicted octanol–water partition coefficient (Wildman–Crippen LogP) is 3.21. The summed E-state index contributed by atoms with van der Waals surface area (Å²) in [5.74, 6) is 0.533. The topological polar surface area (TPSA) is 88.2 Å². The molecular weight excluding hydrogens is 446 g/mol. The van der Waals surface area contributed by atoms with Crippen LogP contribution in [0.15, 0.2) is 54.6 Å². The van der Waals surface area contributed by atoms with Crippen LogP contribution in [0.2, 0.25) is 0 Å². The fourth-order valence-corrected chi connectivity index (χ4v) is 5.02. The Balaban J connectivity index is 1.36. The van der Waals surface area contributed by atoms with Gasteiger partial charge in [0.05, 0.1) is 14.2 Å². The third kappa shape index (κ3) is 3.75. The van der Waals surface area contributed by atoms with E-state index in [2.05, 4.69) is 5.32 Å². The Bertz CT molecular complexity index is 1350. The van der Waals surface area contributed by atoms with Crippen LogP contribution in [-0.2, 0) is 28.1 Å². The Labute approximate surface area is 203 Å². The first-order valence-electron chi connectivity index (χ1n) is 11.5. The molecule has 4 amide bonds. The summed E-state index contributed by atoms with van der Waals surface area (Å²) < 4.78 is 10.8. The van der Waals surface area contributed by atoms with Gasteiger partial charge in [-0.25, -0.2) is 4.79 Å². The van der Waals surface area contributed by atoms with Crippen LogP contribution in [0.1, 0.15) is 23.6 Å². The lowest BCUT2D eigenvalue weighted by molar-refractivity contribution is -0.139. The average molecular weight is 474 g/mol. The lowest BCUT2D eigenvalue weighted by Gasteiger charge is -2.30. The molecule has 1 N–H and O–H groups in total. The Hall–Kier alpha value is -4.07. The first kappa shape index (κ1) is 22.7. The molecule has 180 valence electrons. The Morgan fingerprint density at radius 3 is 2.43 bits per heavy atom. The molecule has 5 rings (SSSR count). The number of hydrogen-bond acceptors (Lipinski definition) is 5. The molecule has 1 unspecified atom stereocenters. The maximum absolute atomic E-state index is 13.5. The van der Waals surface area contributed by atoms with Crippen molar-refractivity contribution in [3.8, 4) is 11.5 Å². The van der Waals surface area contributed by atoms with E-state index in [1.54, 1.807) is 26.0 Å². The number of nitrogens with one attached hydrogen (secondary N) is 1. The predicted molar refractivity (Wildman–Crippen MR) is 130 cm³/mol. The number of carbonyl (C=O) groups is 3. The number of urea groups is 1. The average Bonchev–Trinajstić information content (AvgIpc) is 3.10. The highest BCUT2D eigenvalue weighted by atomic mass is 16.5. The van der Waals surface area contributed by atoms with Gasteiger partial charge in [0.15, 0.2) is 11.5 Å². The normalized spacial score (nSPS) is 19.5. The summed E-state index contributed by atoms with van der Waals surface area (Å²) in [5.41, 5.74) is 1.50. The third-order valence-corrected chi connectivity index (χ3v) is 6.97. The first-order valence-corrected chi connectivity index (χ1v) is 11.5. The van der Waals surface area contributed by atoms with Crippen molar-refractivity contribution in [2.75, 3.05) is 27.3 Å². The number of methoxy groups -OCH3 is 2. The molecular formula is C27H27N3O5. The fraction of sp³-hybridized carbons (Fsp3) is 0.296. The lowest BCUT2D eigenvalue weighted by atomic mass is 9.88. The summed E-state index contributed by atoms with van der Waals surface area (Å²) >= 11 is 0. The van der Waals surface area contributed by atoms with Crippen molar-refractivity contribution >= 4 is 28.6 Å². The number of nitrogens with zero attached hydrogens (tertiary/aromatic N) is 2. The third-order valence-electron chi connectivity index (χ3n) is 6.97. The van der Waals surface area contributed by atoms with Crippen LogP contribution in [0.3, 0.4) is 0 Å². The van der Waals surface area contributed by atoms with Gasteiger partial charge in [-0.3, -0.25) is 14.5 Å². The largest absolute Gasteiger partial charge is 0.493 e. The summed E-state index contributed by atoms with van der Waals surface area (Å²) in [6, 6.07) is 16.6. The Morgan fingerprint density at radius 2 is 1.69 bits per heavy atom. The maximum atomic E-state index is 13.5. The van der Waals surface area contributed by atoms with Crippen LogP contribution in [0.5, 0.6) is 11.5 Å². The van der Waals surface area contributed by atoms with E-state index in [9.17, 15) is 14.4 Å². The minimum atomic E-state index is -1.25. The summed E-state index contributed by atoms with van der Waals surface area (Å²) in [7, 11) is 3.16. The van der Waals surface area contributed by atoms with Gasteiger partial charge in [0.2, 0.25) is 5.91 Å². The maximum Gasteiger partial charge on any atom is 0.325 e. The summed E-state index contributed by atoms with van der Waals surface area (Å²) in [6.45, 7) is 2.24. The molecule has 35 heavy (non-hydrogen) atoms. The van der Waals surface area contributed by atoms with Gasteiger partial charge in [-0.15, -0.1) is 0 Å². The zero-order chi connectivity index (χ0) is 24.7. The standard InChI is InChI=1S/C27H27N3O5/c1-27(21-10-6-8-17-7-4-5-9-20(17)21)25(32)30(26(33)28-27)16-24(31)29-12-11-18-13-22(34-2)23(35-3)14-19(18)15-29/h4-10,13-14H,11-12,15-16H2,1-3H3,(H,28,33). The molecule has 1 saturated heterocycles. The minimum Gasteiger partial charge on any atom is -0.493 e. The monoisotopic (exact) mass is 473 g/mol. The van der Waals surface area contributed by atoms with Crippen LogP contribution >= 0.6 is 0 Å². The van der Waals surface area contributed by atoms with E-state index in [1.165, 1.54) is 0 Å². The highest BCUT2D eigenvalue weighted by Gasteiger charge is 2.50. The molecule has 8 heteroatoms. The molecule has 3 aromatic rings. The van der Waals surface area contributed by atoms with Crippen molar-refractivity contribution < 1.29 is 23.9 Å². The van der Waals surface area contributed by atoms with E-state index in [1.807, 2.05) is 54.6 Å². The zero-order valence-corrected chi connectivity index (χ0v) is 20.0. The number of hydrogen-bond donors (Lipinski definition) is 1. The number of ether oxygens (including phenoxy) is 2. The molecule has 3 aromatic carbocycles. The van der Waals surface area contributed by atoms with Crippen molar-refractivity contribution in [3.05, 3.63) is 71.3 Å². The number of fused-ring (bicyclic) bond motifs is 2. The van der Waals surface area contributed by atoms with Gasteiger partial charge in [-0.1, -0.05) is 42.5 Å².